The van der Waals surface area contributed by atoms with Crippen molar-refractivity contribution in [1.29, 1.82) is 0 Å². The van der Waals surface area contributed by atoms with Crippen molar-refractivity contribution in [2.45, 2.75) is 31.7 Å². The molecule has 1 saturated carbocycles. The molecule has 0 unspecified atom stereocenters. The van der Waals surface area contributed by atoms with Crippen LogP contribution in [0.15, 0.2) is 48.5 Å². The van der Waals surface area contributed by atoms with Gasteiger partial charge in [0.2, 0.25) is 5.91 Å². The monoisotopic (exact) mass is 364 g/mol. The molecule has 5 heteroatoms. The molecular formula is C22H24N2O3. The highest BCUT2D eigenvalue weighted by molar-refractivity contribution is 5.97. The maximum Gasteiger partial charge on any atom is 0.254 e. The van der Waals surface area contributed by atoms with Crippen molar-refractivity contribution in [3.05, 3.63) is 59.7 Å². The van der Waals surface area contributed by atoms with Crippen LogP contribution in [-0.4, -0.2) is 30.4 Å². The number of carbonyl (C=O) groups excluding carboxylic acids is 2. The van der Waals surface area contributed by atoms with Crippen LogP contribution in [-0.2, 0) is 4.79 Å². The van der Waals surface area contributed by atoms with Gasteiger partial charge >= 0.3 is 0 Å². The molecule has 2 aromatic carbocycles. The first kappa shape index (κ1) is 17.6. The van der Waals surface area contributed by atoms with E-state index in [1.165, 1.54) is 0 Å². The molecule has 1 atom stereocenters. The van der Waals surface area contributed by atoms with Gasteiger partial charge in [0.15, 0.2) is 0 Å². The van der Waals surface area contributed by atoms with Gasteiger partial charge in [-0.1, -0.05) is 12.1 Å². The maximum atomic E-state index is 13.0. The fourth-order valence-corrected chi connectivity index (χ4v) is 3.63. The molecular weight excluding hydrogens is 340 g/mol. The van der Waals surface area contributed by atoms with E-state index in [2.05, 4.69) is 5.32 Å². The molecule has 2 amide bonds. The lowest BCUT2D eigenvalue weighted by Crippen LogP contribution is -2.30. The Morgan fingerprint density at radius 2 is 1.70 bits per heavy atom. The lowest BCUT2D eigenvalue weighted by atomic mass is 10.0. The van der Waals surface area contributed by atoms with Gasteiger partial charge in [0.25, 0.3) is 5.91 Å². The number of hydrogen-bond donors (Lipinski definition) is 1. The molecule has 0 spiro atoms. The van der Waals surface area contributed by atoms with Crippen LogP contribution < -0.4 is 10.1 Å². The third-order valence-electron chi connectivity index (χ3n) is 5.36. The predicted molar refractivity (Wildman–Crippen MR) is 104 cm³/mol. The normalized spacial score (nSPS) is 19.0. The molecule has 27 heavy (non-hydrogen) atoms. The summed E-state index contributed by atoms with van der Waals surface area (Å²) >= 11 is 0. The van der Waals surface area contributed by atoms with E-state index in [-0.39, 0.29) is 23.8 Å². The smallest absolute Gasteiger partial charge is 0.254 e. The molecule has 0 bridgehead atoms. The van der Waals surface area contributed by atoms with E-state index >= 15 is 0 Å². The second kappa shape index (κ2) is 7.43. The molecule has 0 radical (unpaired) electrons. The first-order valence-corrected chi connectivity index (χ1v) is 9.51. The van der Waals surface area contributed by atoms with E-state index in [4.69, 9.17) is 4.74 Å². The van der Waals surface area contributed by atoms with E-state index in [1.807, 2.05) is 41.3 Å². The van der Waals surface area contributed by atoms with Crippen LogP contribution in [0.2, 0.25) is 0 Å². The zero-order chi connectivity index (χ0) is 18.8. The second-order valence-corrected chi connectivity index (χ2v) is 7.27. The van der Waals surface area contributed by atoms with Crippen molar-refractivity contribution in [2.75, 3.05) is 19.0 Å². The van der Waals surface area contributed by atoms with Crippen molar-refractivity contribution < 1.29 is 14.3 Å². The van der Waals surface area contributed by atoms with Crippen LogP contribution in [0.25, 0.3) is 0 Å². The van der Waals surface area contributed by atoms with Gasteiger partial charge in [0, 0.05) is 23.7 Å². The Morgan fingerprint density at radius 3 is 2.33 bits per heavy atom. The summed E-state index contributed by atoms with van der Waals surface area (Å²) in [5.74, 6) is 1.10. The standard InChI is InChI=1S/C22H24N2O3/c1-27-19-12-8-15(9-13-19)20-3-2-14-24(20)22(26)17-6-10-18(11-7-17)23-21(25)16-4-5-16/h6-13,16,20H,2-5,14H2,1H3,(H,23,25)/t20-/m0/s1. The minimum atomic E-state index is 0.0355. The number of nitrogens with one attached hydrogen (secondary N) is 1. The molecule has 0 aromatic heterocycles. The van der Waals surface area contributed by atoms with E-state index in [1.54, 1.807) is 19.2 Å². The number of ether oxygens (including phenoxy) is 1. The lowest BCUT2D eigenvalue weighted by molar-refractivity contribution is -0.117. The highest BCUT2D eigenvalue weighted by Gasteiger charge is 2.31. The van der Waals surface area contributed by atoms with Crippen LogP contribution in [0.4, 0.5) is 5.69 Å². The van der Waals surface area contributed by atoms with Crippen molar-refractivity contribution in [1.82, 2.24) is 4.90 Å². The average molecular weight is 364 g/mol. The van der Waals surface area contributed by atoms with Gasteiger partial charge in [0.05, 0.1) is 13.2 Å². The van der Waals surface area contributed by atoms with Crippen molar-refractivity contribution in [3.8, 4) is 5.75 Å². The summed E-state index contributed by atoms with van der Waals surface area (Å²) in [7, 11) is 1.65. The Bertz CT molecular complexity index is 826. The summed E-state index contributed by atoms with van der Waals surface area (Å²) in [6.07, 6.45) is 3.92. The Morgan fingerprint density at radius 1 is 1.00 bits per heavy atom. The Hall–Kier alpha value is -2.82. The summed E-state index contributed by atoms with van der Waals surface area (Å²) in [6, 6.07) is 15.3. The SMILES string of the molecule is COc1ccc([C@@H]2CCCN2C(=O)c2ccc(NC(=O)C3CC3)cc2)cc1. The summed E-state index contributed by atoms with van der Waals surface area (Å²) in [6.45, 7) is 0.760. The average Bonchev–Trinajstić information content (AvgIpc) is 3.45. The number of rotatable bonds is 5. The summed E-state index contributed by atoms with van der Waals surface area (Å²) in [5, 5.41) is 2.91. The van der Waals surface area contributed by atoms with Gasteiger partial charge in [-0.3, -0.25) is 9.59 Å². The van der Waals surface area contributed by atoms with Gasteiger partial charge in [0.1, 0.15) is 5.75 Å². The zero-order valence-electron chi connectivity index (χ0n) is 15.5. The quantitative estimate of drug-likeness (QED) is 0.872. The van der Waals surface area contributed by atoms with Gasteiger partial charge < -0.3 is 15.0 Å². The highest BCUT2D eigenvalue weighted by atomic mass is 16.5. The van der Waals surface area contributed by atoms with Crippen LogP contribution in [0.5, 0.6) is 5.75 Å². The number of hydrogen-bond acceptors (Lipinski definition) is 3. The van der Waals surface area contributed by atoms with Gasteiger partial charge in [-0.2, -0.15) is 0 Å². The molecule has 2 aromatic rings. The van der Waals surface area contributed by atoms with Gasteiger partial charge in [-0.05, 0) is 67.6 Å². The fourth-order valence-electron chi connectivity index (χ4n) is 3.63. The number of nitrogens with zero attached hydrogens (tertiary/aromatic N) is 1. The number of carbonyl (C=O) groups is 2. The van der Waals surface area contributed by atoms with Crippen molar-refractivity contribution in [3.63, 3.8) is 0 Å². The maximum absolute atomic E-state index is 13.0. The first-order chi connectivity index (χ1) is 13.2. The van der Waals surface area contributed by atoms with E-state index in [0.29, 0.717) is 5.56 Å². The van der Waals surface area contributed by atoms with Crippen LogP contribution in [0.1, 0.15) is 47.6 Å². The number of benzene rings is 2. The molecule has 1 aliphatic heterocycles. The summed E-state index contributed by atoms with van der Waals surface area (Å²) in [4.78, 5) is 26.8. The van der Waals surface area contributed by atoms with E-state index in [0.717, 1.165) is 49.2 Å². The van der Waals surface area contributed by atoms with Crippen LogP contribution in [0, 0.1) is 5.92 Å². The Labute approximate surface area is 159 Å². The fraction of sp³-hybridized carbons (Fsp3) is 0.364. The molecule has 1 aliphatic carbocycles. The third kappa shape index (κ3) is 3.82. The van der Waals surface area contributed by atoms with Gasteiger partial charge in [-0.25, -0.2) is 0 Å². The Balaban J connectivity index is 1.46. The number of methoxy groups -OCH3 is 1. The molecule has 1 saturated heterocycles. The van der Waals surface area contributed by atoms with Crippen molar-refractivity contribution in [2.24, 2.45) is 5.92 Å². The second-order valence-electron chi connectivity index (χ2n) is 7.27. The highest BCUT2D eigenvalue weighted by Crippen LogP contribution is 2.34. The van der Waals surface area contributed by atoms with Crippen LogP contribution >= 0.6 is 0 Å². The van der Waals surface area contributed by atoms with E-state index < -0.39 is 0 Å². The molecule has 140 valence electrons. The molecule has 5 nitrogen and oxygen atoms in total. The summed E-state index contributed by atoms with van der Waals surface area (Å²) < 4.78 is 5.22. The topological polar surface area (TPSA) is 58.6 Å². The molecule has 4 rings (SSSR count). The van der Waals surface area contributed by atoms with Gasteiger partial charge in [-0.15, -0.1) is 0 Å². The minimum absolute atomic E-state index is 0.0355. The number of amides is 2. The third-order valence-corrected chi connectivity index (χ3v) is 5.36. The number of likely N-dealkylation sites (tertiary alicyclic amines) is 1. The van der Waals surface area contributed by atoms with Crippen LogP contribution in [0.3, 0.4) is 0 Å². The minimum Gasteiger partial charge on any atom is -0.497 e. The molecule has 1 N–H and O–H groups in total. The molecule has 1 heterocycles. The predicted octanol–water partition coefficient (Wildman–Crippen LogP) is 4.02. The first-order valence-electron chi connectivity index (χ1n) is 9.51. The molecule has 2 aliphatic rings. The number of anilines is 1. The Kier molecular flexibility index (Phi) is 4.84. The lowest BCUT2D eigenvalue weighted by Gasteiger charge is -2.25. The van der Waals surface area contributed by atoms with Crippen molar-refractivity contribution >= 4 is 17.5 Å². The molecule has 2 fully saturated rings. The zero-order valence-corrected chi connectivity index (χ0v) is 15.5. The van der Waals surface area contributed by atoms with E-state index in [9.17, 15) is 9.59 Å². The summed E-state index contributed by atoms with van der Waals surface area (Å²) in [5.41, 5.74) is 2.53. The largest absolute Gasteiger partial charge is 0.497 e.